The van der Waals surface area contributed by atoms with Crippen LogP contribution in [0.1, 0.15) is 22.8 Å². The molecule has 0 bridgehead atoms. The number of amides is 2. The summed E-state index contributed by atoms with van der Waals surface area (Å²) in [5.41, 5.74) is 3.06. The number of nitrogens with one attached hydrogen (secondary N) is 3. The van der Waals surface area contributed by atoms with Crippen LogP contribution in [-0.4, -0.2) is 26.3 Å². The molecule has 0 unspecified atom stereocenters. The first-order valence-corrected chi connectivity index (χ1v) is 9.74. The molecule has 0 aromatic heterocycles. The van der Waals surface area contributed by atoms with E-state index in [1.807, 2.05) is 5.43 Å². The number of halogens is 1. The minimum atomic E-state index is -3.88. The summed E-state index contributed by atoms with van der Waals surface area (Å²) in [5.74, 6) is 4.06. The maximum atomic E-state index is 12.2. The molecule has 0 saturated carbocycles. The summed E-state index contributed by atoms with van der Waals surface area (Å²) in [5, 5.41) is 3.27. The maximum absolute atomic E-state index is 12.2. The van der Waals surface area contributed by atoms with Crippen molar-refractivity contribution in [2.45, 2.75) is 24.4 Å². The number of carbonyl (C=O) groups is 2. The van der Waals surface area contributed by atoms with Gasteiger partial charge in [-0.05, 0) is 48.9 Å². The molecule has 144 valence electrons. The Morgan fingerprint density at radius 2 is 1.67 bits per heavy atom. The van der Waals surface area contributed by atoms with Crippen LogP contribution in [0.2, 0.25) is 5.02 Å². The second kappa shape index (κ2) is 8.96. The van der Waals surface area contributed by atoms with Gasteiger partial charge in [0.25, 0.3) is 11.8 Å². The maximum Gasteiger partial charge on any atom is 0.251 e. The molecule has 0 aliphatic rings. The van der Waals surface area contributed by atoms with E-state index in [1.165, 1.54) is 19.1 Å². The third kappa shape index (κ3) is 5.76. The van der Waals surface area contributed by atoms with E-state index in [-0.39, 0.29) is 17.3 Å². The zero-order valence-corrected chi connectivity index (χ0v) is 16.0. The van der Waals surface area contributed by atoms with E-state index in [9.17, 15) is 18.0 Å². The highest BCUT2D eigenvalue weighted by molar-refractivity contribution is 7.89. The summed E-state index contributed by atoms with van der Waals surface area (Å²) in [6.45, 7) is 1.60. The van der Waals surface area contributed by atoms with Gasteiger partial charge in [0.05, 0.1) is 10.9 Å². The molecule has 0 aliphatic carbocycles. The Hall–Kier alpha value is -2.46. The van der Waals surface area contributed by atoms with Crippen molar-refractivity contribution in [2.75, 3.05) is 0 Å². The molecule has 8 nitrogen and oxygen atoms in total. The molecule has 0 fully saturated rings. The molecule has 10 heteroatoms. The predicted octanol–water partition coefficient (Wildman–Crippen LogP) is 0.927. The molecule has 27 heavy (non-hydrogen) atoms. The van der Waals surface area contributed by atoms with Gasteiger partial charge in [0.15, 0.2) is 0 Å². The molecule has 5 N–H and O–H groups in total. The van der Waals surface area contributed by atoms with Gasteiger partial charge in [-0.25, -0.2) is 14.3 Å². The normalized spacial score (nSPS) is 12.3. The lowest BCUT2D eigenvalue weighted by molar-refractivity contribution is -0.122. The van der Waals surface area contributed by atoms with Gasteiger partial charge in [-0.3, -0.25) is 15.0 Å². The Morgan fingerprint density at radius 3 is 2.22 bits per heavy atom. The van der Waals surface area contributed by atoms with Gasteiger partial charge in [-0.1, -0.05) is 23.7 Å². The average molecular weight is 411 g/mol. The van der Waals surface area contributed by atoms with Crippen LogP contribution >= 0.6 is 11.6 Å². The van der Waals surface area contributed by atoms with E-state index in [0.717, 1.165) is 0 Å². The van der Waals surface area contributed by atoms with E-state index < -0.39 is 22.0 Å². The topological polar surface area (TPSA) is 130 Å². The number of hydrogen-bond acceptors (Lipinski definition) is 5. The lowest BCUT2D eigenvalue weighted by atomic mass is 10.2. The largest absolute Gasteiger partial charge is 0.348 e. The lowest BCUT2D eigenvalue weighted by Gasteiger charge is -2.13. The smallest absolute Gasteiger partial charge is 0.251 e. The molecule has 0 spiro atoms. The Labute approximate surface area is 162 Å². The SMILES string of the molecule is C[C@@H](NS(=O)(=O)c1ccc(CNC(=O)c2ccc(Cl)cc2)cc1)C(=O)NN. The molecule has 0 aliphatic heterocycles. The standard InChI is InChI=1S/C17H19ClN4O4S/c1-11(16(23)21-19)22-27(25,26)15-8-2-12(3-9-15)10-20-17(24)13-4-6-14(18)7-5-13/h2-9,11,22H,10,19H2,1H3,(H,20,24)(H,21,23)/t11-/m1/s1. The summed E-state index contributed by atoms with van der Waals surface area (Å²) in [6, 6.07) is 11.4. The van der Waals surface area contributed by atoms with Crippen LogP contribution < -0.4 is 21.3 Å². The van der Waals surface area contributed by atoms with Crippen LogP contribution in [0.4, 0.5) is 0 Å². The van der Waals surface area contributed by atoms with Crippen molar-refractivity contribution in [3.05, 3.63) is 64.7 Å². The second-order valence-electron chi connectivity index (χ2n) is 5.69. The van der Waals surface area contributed by atoms with Crippen LogP contribution in [0.3, 0.4) is 0 Å². The minimum absolute atomic E-state index is 0.00745. The second-order valence-corrected chi connectivity index (χ2v) is 7.84. The third-order valence-corrected chi connectivity index (χ3v) is 5.47. The van der Waals surface area contributed by atoms with Gasteiger partial charge in [0, 0.05) is 17.1 Å². The minimum Gasteiger partial charge on any atom is -0.348 e. The lowest BCUT2D eigenvalue weighted by Crippen LogP contribution is -2.47. The van der Waals surface area contributed by atoms with Crippen molar-refractivity contribution in [1.29, 1.82) is 0 Å². The van der Waals surface area contributed by atoms with Crippen LogP contribution in [0.25, 0.3) is 0 Å². The summed E-state index contributed by atoms with van der Waals surface area (Å²) in [6.07, 6.45) is 0. The number of hydrazine groups is 1. The first-order valence-electron chi connectivity index (χ1n) is 7.88. The molecule has 0 saturated heterocycles. The molecule has 2 aromatic rings. The van der Waals surface area contributed by atoms with E-state index >= 15 is 0 Å². The number of nitrogens with two attached hydrogens (primary N) is 1. The van der Waals surface area contributed by atoms with E-state index in [1.54, 1.807) is 36.4 Å². The predicted molar refractivity (Wildman–Crippen MR) is 101 cm³/mol. The van der Waals surface area contributed by atoms with Gasteiger partial charge < -0.3 is 5.32 Å². The number of hydrogen-bond donors (Lipinski definition) is 4. The molecular weight excluding hydrogens is 392 g/mol. The van der Waals surface area contributed by atoms with Crippen molar-refractivity contribution in [3.63, 3.8) is 0 Å². The fraction of sp³-hybridized carbons (Fsp3) is 0.176. The molecule has 2 amide bonds. The Morgan fingerprint density at radius 1 is 1.07 bits per heavy atom. The zero-order valence-electron chi connectivity index (χ0n) is 14.4. The highest BCUT2D eigenvalue weighted by atomic mass is 35.5. The van der Waals surface area contributed by atoms with Crippen LogP contribution in [0.5, 0.6) is 0 Å². The number of carbonyl (C=O) groups excluding carboxylic acids is 2. The summed E-state index contributed by atoms with van der Waals surface area (Å²) in [7, 11) is -3.88. The summed E-state index contributed by atoms with van der Waals surface area (Å²) >= 11 is 5.78. The van der Waals surface area contributed by atoms with Gasteiger partial charge in [0.1, 0.15) is 0 Å². The molecule has 0 heterocycles. The average Bonchev–Trinajstić information content (AvgIpc) is 2.66. The van der Waals surface area contributed by atoms with Crippen molar-refractivity contribution in [3.8, 4) is 0 Å². The fourth-order valence-corrected chi connectivity index (χ4v) is 3.48. The number of sulfonamides is 1. The monoisotopic (exact) mass is 410 g/mol. The third-order valence-electron chi connectivity index (χ3n) is 3.66. The summed E-state index contributed by atoms with van der Waals surface area (Å²) in [4.78, 5) is 23.4. The van der Waals surface area contributed by atoms with Gasteiger partial charge in [0.2, 0.25) is 10.0 Å². The van der Waals surface area contributed by atoms with E-state index in [4.69, 9.17) is 17.4 Å². The Kier molecular flexibility index (Phi) is 6.92. The van der Waals surface area contributed by atoms with Crippen molar-refractivity contribution >= 4 is 33.4 Å². The van der Waals surface area contributed by atoms with Crippen LogP contribution in [0.15, 0.2) is 53.4 Å². The van der Waals surface area contributed by atoms with Crippen LogP contribution in [0, 0.1) is 0 Å². The quantitative estimate of drug-likeness (QED) is 0.306. The fourth-order valence-electron chi connectivity index (χ4n) is 2.15. The van der Waals surface area contributed by atoms with Gasteiger partial charge in [-0.15, -0.1) is 0 Å². The highest BCUT2D eigenvalue weighted by Gasteiger charge is 2.21. The zero-order chi connectivity index (χ0) is 20.0. The van der Waals surface area contributed by atoms with Gasteiger partial charge in [-0.2, -0.15) is 4.72 Å². The number of benzene rings is 2. The van der Waals surface area contributed by atoms with Crippen molar-refractivity contribution in [1.82, 2.24) is 15.5 Å². The molecule has 2 aromatic carbocycles. The van der Waals surface area contributed by atoms with Crippen LogP contribution in [-0.2, 0) is 21.4 Å². The first-order chi connectivity index (χ1) is 12.7. The Balaban J connectivity index is 1.99. The highest BCUT2D eigenvalue weighted by Crippen LogP contribution is 2.12. The van der Waals surface area contributed by atoms with Crippen molar-refractivity contribution in [2.24, 2.45) is 5.84 Å². The van der Waals surface area contributed by atoms with E-state index in [2.05, 4.69) is 10.0 Å². The molecule has 2 rings (SSSR count). The Bertz CT molecular complexity index is 915. The van der Waals surface area contributed by atoms with E-state index in [0.29, 0.717) is 16.1 Å². The first kappa shape index (κ1) is 20.8. The molecule has 1 atom stereocenters. The van der Waals surface area contributed by atoms with Crippen molar-refractivity contribution < 1.29 is 18.0 Å². The molecular formula is C17H19ClN4O4S. The van der Waals surface area contributed by atoms with Gasteiger partial charge >= 0.3 is 0 Å². The number of rotatable bonds is 7. The molecule has 0 radical (unpaired) electrons. The summed E-state index contributed by atoms with van der Waals surface area (Å²) < 4.78 is 26.7.